The normalized spacial score (nSPS) is 18.6. The number of halogens is 1. The van der Waals surface area contributed by atoms with E-state index in [-0.39, 0.29) is 5.97 Å². The second kappa shape index (κ2) is 6.22. The van der Waals surface area contributed by atoms with Crippen LogP contribution >= 0.6 is 22.6 Å². The Kier molecular flexibility index (Phi) is 5.22. The summed E-state index contributed by atoms with van der Waals surface area (Å²) in [5, 5.41) is 0. The summed E-state index contributed by atoms with van der Waals surface area (Å²) >= 11 is 2.26. The number of rotatable bonds is 5. The Bertz CT molecular complexity index is 266. The largest absolute Gasteiger partial charge is 0.423 e. The van der Waals surface area contributed by atoms with Crippen LogP contribution in [-0.4, -0.2) is 5.97 Å². The highest BCUT2D eigenvalue weighted by Gasteiger charge is 2.12. The average Bonchev–Trinajstić information content (AvgIpc) is 2.59. The van der Waals surface area contributed by atoms with E-state index in [0.717, 1.165) is 15.8 Å². The third-order valence-electron chi connectivity index (χ3n) is 2.10. The molecule has 3 heteroatoms. The lowest BCUT2D eigenvalue weighted by Gasteiger charge is -2.02. The Morgan fingerprint density at radius 2 is 2.14 bits per heavy atom. The van der Waals surface area contributed by atoms with E-state index < -0.39 is 0 Å². The molecule has 0 unspecified atom stereocenters. The molecule has 0 N–H and O–H groups in total. The lowest BCUT2D eigenvalue weighted by molar-refractivity contribution is -0.132. The maximum Gasteiger partial charge on any atom is 0.336 e. The first-order valence-electron chi connectivity index (χ1n) is 5.02. The van der Waals surface area contributed by atoms with Crippen molar-refractivity contribution in [3.8, 4) is 0 Å². The third kappa shape index (κ3) is 3.82. The van der Waals surface area contributed by atoms with Gasteiger partial charge in [0.1, 0.15) is 5.76 Å². The molecular formula is C11H15IO2. The lowest BCUT2D eigenvalue weighted by atomic mass is 10.1. The minimum Gasteiger partial charge on any atom is -0.423 e. The highest BCUT2D eigenvalue weighted by Crippen LogP contribution is 2.24. The van der Waals surface area contributed by atoms with Gasteiger partial charge in [0.15, 0.2) is 0 Å². The maximum atomic E-state index is 10.8. The predicted octanol–water partition coefficient (Wildman–Crippen LogP) is 3.72. The zero-order chi connectivity index (χ0) is 10.4. The van der Waals surface area contributed by atoms with Crippen molar-refractivity contribution in [1.29, 1.82) is 0 Å². The van der Waals surface area contributed by atoms with Gasteiger partial charge in [-0.05, 0) is 41.5 Å². The number of carbonyl (C=O) groups excluding carboxylic acids is 1. The van der Waals surface area contributed by atoms with Crippen LogP contribution < -0.4 is 0 Å². The van der Waals surface area contributed by atoms with Crippen LogP contribution in [0.3, 0.4) is 0 Å². The fourth-order valence-electron chi connectivity index (χ4n) is 1.30. The van der Waals surface area contributed by atoms with Gasteiger partial charge in [0.05, 0.1) is 0 Å². The van der Waals surface area contributed by atoms with Gasteiger partial charge in [-0.3, -0.25) is 0 Å². The van der Waals surface area contributed by atoms with E-state index in [4.69, 9.17) is 4.74 Å². The summed E-state index contributed by atoms with van der Waals surface area (Å²) in [7, 11) is 0. The molecule has 1 aliphatic rings. The molecule has 1 heterocycles. The molecule has 0 aromatic rings. The second-order valence-electron chi connectivity index (χ2n) is 3.33. The molecule has 0 atom stereocenters. The molecule has 0 spiro atoms. The first kappa shape index (κ1) is 11.8. The van der Waals surface area contributed by atoms with Gasteiger partial charge in [-0.2, -0.15) is 0 Å². The monoisotopic (exact) mass is 306 g/mol. The number of carbonyl (C=O) groups is 1. The van der Waals surface area contributed by atoms with Crippen molar-refractivity contribution in [3.63, 3.8) is 0 Å². The molecule has 2 nitrogen and oxygen atoms in total. The number of allylic oxidation sites excluding steroid dienone is 2. The molecule has 0 aromatic heterocycles. The molecule has 14 heavy (non-hydrogen) atoms. The molecule has 0 amide bonds. The SMILES string of the molecule is CCCCCC/C(I)=C1/C=CC(=O)O1. The van der Waals surface area contributed by atoms with Crippen LogP contribution in [0.4, 0.5) is 0 Å². The number of ether oxygens (including phenoxy) is 1. The Morgan fingerprint density at radius 3 is 2.71 bits per heavy atom. The summed E-state index contributed by atoms with van der Waals surface area (Å²) in [5.41, 5.74) is 0. The summed E-state index contributed by atoms with van der Waals surface area (Å²) in [6, 6.07) is 0. The van der Waals surface area contributed by atoms with Gasteiger partial charge < -0.3 is 4.74 Å². The van der Waals surface area contributed by atoms with Gasteiger partial charge in [-0.1, -0.05) is 26.2 Å². The molecular weight excluding hydrogens is 291 g/mol. The Hall–Kier alpha value is -0.320. The van der Waals surface area contributed by atoms with Gasteiger partial charge >= 0.3 is 5.97 Å². The minimum absolute atomic E-state index is 0.247. The fraction of sp³-hybridized carbons (Fsp3) is 0.545. The molecule has 1 rings (SSSR count). The molecule has 78 valence electrons. The zero-order valence-electron chi connectivity index (χ0n) is 8.38. The van der Waals surface area contributed by atoms with E-state index in [0.29, 0.717) is 0 Å². The van der Waals surface area contributed by atoms with Crippen molar-refractivity contribution >= 4 is 28.6 Å². The minimum atomic E-state index is -0.247. The van der Waals surface area contributed by atoms with Crippen LogP contribution in [0.5, 0.6) is 0 Å². The second-order valence-corrected chi connectivity index (χ2v) is 4.64. The Balaban J connectivity index is 2.30. The lowest BCUT2D eigenvalue weighted by Crippen LogP contribution is -1.92. The van der Waals surface area contributed by atoms with Crippen molar-refractivity contribution in [1.82, 2.24) is 0 Å². The van der Waals surface area contributed by atoms with E-state index in [9.17, 15) is 4.79 Å². The van der Waals surface area contributed by atoms with Crippen LogP contribution in [0.2, 0.25) is 0 Å². The molecule has 0 radical (unpaired) electrons. The van der Waals surface area contributed by atoms with Gasteiger partial charge in [-0.25, -0.2) is 4.79 Å². The molecule has 0 fully saturated rings. The number of unbranched alkanes of at least 4 members (excludes halogenated alkanes) is 3. The van der Waals surface area contributed by atoms with Crippen LogP contribution in [0, 0.1) is 0 Å². The molecule has 1 aliphatic heterocycles. The maximum absolute atomic E-state index is 10.8. The first-order valence-corrected chi connectivity index (χ1v) is 6.10. The van der Waals surface area contributed by atoms with Gasteiger partial charge in [0.25, 0.3) is 0 Å². The van der Waals surface area contributed by atoms with E-state index >= 15 is 0 Å². The van der Waals surface area contributed by atoms with Gasteiger partial charge in [0, 0.05) is 9.66 Å². The summed E-state index contributed by atoms with van der Waals surface area (Å²) in [4.78, 5) is 10.8. The van der Waals surface area contributed by atoms with Crippen molar-refractivity contribution in [2.24, 2.45) is 0 Å². The van der Waals surface area contributed by atoms with Crippen molar-refractivity contribution < 1.29 is 9.53 Å². The highest BCUT2D eigenvalue weighted by molar-refractivity contribution is 14.1. The smallest absolute Gasteiger partial charge is 0.336 e. The molecule has 0 saturated heterocycles. The standard InChI is InChI=1S/C11H15IO2/c1-2-3-4-5-6-9(12)10-7-8-11(13)14-10/h7-8H,2-6H2,1H3/b10-9+. The van der Waals surface area contributed by atoms with E-state index in [1.807, 2.05) is 0 Å². The number of hydrogen-bond acceptors (Lipinski definition) is 2. The van der Waals surface area contributed by atoms with Crippen LogP contribution in [0.1, 0.15) is 39.0 Å². The van der Waals surface area contributed by atoms with Crippen molar-refractivity contribution in [2.45, 2.75) is 39.0 Å². The topological polar surface area (TPSA) is 26.3 Å². The zero-order valence-corrected chi connectivity index (χ0v) is 10.5. The van der Waals surface area contributed by atoms with Crippen LogP contribution in [0.15, 0.2) is 21.5 Å². The number of cyclic esters (lactones) is 1. The molecule has 0 aliphatic carbocycles. The predicted molar refractivity (Wildman–Crippen MR) is 65.0 cm³/mol. The van der Waals surface area contributed by atoms with Crippen LogP contribution in [-0.2, 0) is 9.53 Å². The summed E-state index contributed by atoms with van der Waals surface area (Å²) in [6.07, 6.45) is 9.23. The molecule has 0 bridgehead atoms. The summed E-state index contributed by atoms with van der Waals surface area (Å²) < 4.78 is 6.16. The van der Waals surface area contributed by atoms with Crippen molar-refractivity contribution in [3.05, 3.63) is 21.5 Å². The fourth-order valence-corrected chi connectivity index (χ4v) is 1.97. The van der Waals surface area contributed by atoms with Gasteiger partial charge in [-0.15, -0.1) is 0 Å². The third-order valence-corrected chi connectivity index (χ3v) is 3.17. The number of esters is 1. The Morgan fingerprint density at radius 1 is 1.36 bits per heavy atom. The quantitative estimate of drug-likeness (QED) is 0.440. The average molecular weight is 306 g/mol. The molecule has 0 aromatic carbocycles. The van der Waals surface area contributed by atoms with Crippen LogP contribution in [0.25, 0.3) is 0 Å². The first-order chi connectivity index (χ1) is 6.74. The van der Waals surface area contributed by atoms with E-state index in [2.05, 4.69) is 29.5 Å². The van der Waals surface area contributed by atoms with Gasteiger partial charge in [0.2, 0.25) is 0 Å². The van der Waals surface area contributed by atoms with Crippen molar-refractivity contribution in [2.75, 3.05) is 0 Å². The number of hydrogen-bond donors (Lipinski definition) is 0. The summed E-state index contributed by atoms with van der Waals surface area (Å²) in [6.45, 7) is 2.20. The van der Waals surface area contributed by atoms with E-state index in [1.165, 1.54) is 31.8 Å². The summed E-state index contributed by atoms with van der Waals surface area (Å²) in [5.74, 6) is 0.495. The Labute approximate surface area is 98.5 Å². The molecule has 0 saturated carbocycles. The van der Waals surface area contributed by atoms with E-state index in [1.54, 1.807) is 6.08 Å². The highest BCUT2D eigenvalue weighted by atomic mass is 127.